The number of terminal acetylenes is 1. The second kappa shape index (κ2) is 7.99. The third kappa shape index (κ3) is 5.03. The first-order valence-electron chi connectivity index (χ1n) is 6.37. The fourth-order valence-electron chi connectivity index (χ4n) is 1.96. The van der Waals surface area contributed by atoms with Gasteiger partial charge < -0.3 is 0 Å². The van der Waals surface area contributed by atoms with Gasteiger partial charge in [-0.3, -0.25) is 0 Å². The van der Waals surface area contributed by atoms with Gasteiger partial charge in [-0.1, -0.05) is 50.1 Å². The lowest BCUT2D eigenvalue weighted by Gasteiger charge is -2.09. The summed E-state index contributed by atoms with van der Waals surface area (Å²) >= 11 is 0. The van der Waals surface area contributed by atoms with E-state index in [1.165, 1.54) is 37.7 Å². The summed E-state index contributed by atoms with van der Waals surface area (Å²) in [7, 11) is 0. The summed E-state index contributed by atoms with van der Waals surface area (Å²) in [5, 5.41) is 0. The fraction of sp³-hybridized carbons (Fsp3) is 0.500. The molecule has 0 aromatic heterocycles. The molecular formula is C16H22. The monoisotopic (exact) mass is 214 g/mol. The van der Waals surface area contributed by atoms with Crippen LogP contribution in [0, 0.1) is 18.3 Å². The van der Waals surface area contributed by atoms with Gasteiger partial charge in [0.25, 0.3) is 0 Å². The van der Waals surface area contributed by atoms with Crippen molar-refractivity contribution in [3.63, 3.8) is 0 Å². The Labute approximate surface area is 100 Å². The Morgan fingerprint density at radius 1 is 1.12 bits per heavy atom. The van der Waals surface area contributed by atoms with Crippen LogP contribution < -0.4 is 0 Å². The number of hydrogen-bond acceptors (Lipinski definition) is 0. The Balaban J connectivity index is 2.21. The standard InChI is InChI=1S/C16H22/c1-3-5-10-15(4-2)13-9-14-16-11-7-6-8-12-16/h2,6-8,11-12,15H,3,5,9-10,13-14H2,1H3. The molecule has 0 nitrogen and oxygen atoms in total. The molecule has 0 heteroatoms. The van der Waals surface area contributed by atoms with Crippen molar-refractivity contribution >= 4 is 0 Å². The molecule has 0 bridgehead atoms. The van der Waals surface area contributed by atoms with E-state index in [1.807, 2.05) is 0 Å². The second-order valence-corrected chi connectivity index (χ2v) is 4.38. The van der Waals surface area contributed by atoms with E-state index in [4.69, 9.17) is 6.42 Å². The van der Waals surface area contributed by atoms with Crippen LogP contribution in [0.2, 0.25) is 0 Å². The maximum absolute atomic E-state index is 5.54. The minimum Gasteiger partial charge on any atom is -0.120 e. The average molecular weight is 214 g/mol. The maximum atomic E-state index is 5.54. The number of rotatable bonds is 7. The zero-order chi connectivity index (χ0) is 11.6. The van der Waals surface area contributed by atoms with Gasteiger partial charge >= 0.3 is 0 Å². The van der Waals surface area contributed by atoms with Crippen LogP contribution in [-0.4, -0.2) is 0 Å². The summed E-state index contributed by atoms with van der Waals surface area (Å²) in [5.41, 5.74) is 1.42. The molecule has 0 N–H and O–H groups in total. The highest BCUT2D eigenvalue weighted by Crippen LogP contribution is 2.15. The van der Waals surface area contributed by atoms with E-state index in [0.717, 1.165) is 6.42 Å². The number of unbranched alkanes of at least 4 members (excludes halogenated alkanes) is 1. The molecule has 0 aliphatic carbocycles. The molecule has 0 heterocycles. The number of hydrogen-bond donors (Lipinski definition) is 0. The first-order chi connectivity index (χ1) is 7.86. The highest BCUT2D eigenvalue weighted by Gasteiger charge is 2.04. The van der Waals surface area contributed by atoms with Gasteiger partial charge in [0.15, 0.2) is 0 Å². The molecule has 0 aliphatic rings. The normalized spacial score (nSPS) is 12.0. The molecule has 0 radical (unpaired) electrons. The molecule has 0 saturated heterocycles. The lowest BCUT2D eigenvalue weighted by molar-refractivity contribution is 0.515. The smallest absolute Gasteiger partial charge is 0.0200 e. The quantitative estimate of drug-likeness (QED) is 0.588. The molecule has 1 atom stereocenters. The van der Waals surface area contributed by atoms with E-state index in [9.17, 15) is 0 Å². The van der Waals surface area contributed by atoms with Gasteiger partial charge in [0.2, 0.25) is 0 Å². The van der Waals surface area contributed by atoms with Crippen LogP contribution in [0.15, 0.2) is 30.3 Å². The minimum atomic E-state index is 0.490. The molecule has 1 aromatic carbocycles. The molecule has 0 aliphatic heterocycles. The summed E-state index contributed by atoms with van der Waals surface area (Å²) in [6.07, 6.45) is 12.8. The fourth-order valence-corrected chi connectivity index (χ4v) is 1.96. The highest BCUT2D eigenvalue weighted by molar-refractivity contribution is 5.14. The van der Waals surface area contributed by atoms with E-state index in [-0.39, 0.29) is 0 Å². The summed E-state index contributed by atoms with van der Waals surface area (Å²) in [6.45, 7) is 2.22. The van der Waals surface area contributed by atoms with Crippen LogP contribution in [0.1, 0.15) is 44.6 Å². The van der Waals surface area contributed by atoms with Gasteiger partial charge in [0.05, 0.1) is 0 Å². The van der Waals surface area contributed by atoms with Crippen molar-refractivity contribution in [1.82, 2.24) is 0 Å². The van der Waals surface area contributed by atoms with Crippen molar-refractivity contribution < 1.29 is 0 Å². The summed E-state index contributed by atoms with van der Waals surface area (Å²) in [6, 6.07) is 10.7. The summed E-state index contributed by atoms with van der Waals surface area (Å²) in [4.78, 5) is 0. The molecule has 16 heavy (non-hydrogen) atoms. The largest absolute Gasteiger partial charge is 0.120 e. The van der Waals surface area contributed by atoms with E-state index in [1.54, 1.807) is 0 Å². The van der Waals surface area contributed by atoms with E-state index < -0.39 is 0 Å². The Bertz CT molecular complexity index is 305. The van der Waals surface area contributed by atoms with Gasteiger partial charge in [0, 0.05) is 5.92 Å². The minimum absolute atomic E-state index is 0.490. The Morgan fingerprint density at radius 3 is 2.44 bits per heavy atom. The van der Waals surface area contributed by atoms with Gasteiger partial charge in [-0.2, -0.15) is 0 Å². The second-order valence-electron chi connectivity index (χ2n) is 4.38. The first kappa shape index (κ1) is 12.8. The molecule has 86 valence electrons. The van der Waals surface area contributed by atoms with E-state index in [0.29, 0.717) is 5.92 Å². The lowest BCUT2D eigenvalue weighted by Crippen LogP contribution is -1.98. The van der Waals surface area contributed by atoms with Crippen molar-refractivity contribution in [3.05, 3.63) is 35.9 Å². The van der Waals surface area contributed by atoms with Crippen LogP contribution in [0.4, 0.5) is 0 Å². The lowest BCUT2D eigenvalue weighted by atomic mass is 9.95. The average Bonchev–Trinajstić information content (AvgIpc) is 2.35. The van der Waals surface area contributed by atoms with Gasteiger partial charge in [-0.05, 0) is 31.2 Å². The number of benzene rings is 1. The summed E-state index contributed by atoms with van der Waals surface area (Å²) in [5.74, 6) is 3.41. The van der Waals surface area contributed by atoms with Crippen molar-refractivity contribution in [2.45, 2.75) is 45.4 Å². The number of aryl methyl sites for hydroxylation is 1. The molecule has 0 fully saturated rings. The predicted molar refractivity (Wildman–Crippen MR) is 71.2 cm³/mol. The highest BCUT2D eigenvalue weighted by atomic mass is 14.1. The van der Waals surface area contributed by atoms with Crippen LogP contribution in [0.3, 0.4) is 0 Å². The Morgan fingerprint density at radius 2 is 1.81 bits per heavy atom. The molecule has 0 saturated carbocycles. The van der Waals surface area contributed by atoms with Crippen molar-refractivity contribution in [2.24, 2.45) is 5.92 Å². The van der Waals surface area contributed by atoms with Gasteiger partial charge in [-0.15, -0.1) is 12.3 Å². The van der Waals surface area contributed by atoms with Crippen LogP contribution in [0.25, 0.3) is 0 Å². The Kier molecular flexibility index (Phi) is 6.42. The first-order valence-corrected chi connectivity index (χ1v) is 6.37. The molecule has 1 aromatic rings. The van der Waals surface area contributed by atoms with Crippen molar-refractivity contribution in [3.8, 4) is 12.3 Å². The van der Waals surface area contributed by atoms with Crippen LogP contribution in [-0.2, 0) is 6.42 Å². The third-order valence-electron chi connectivity index (χ3n) is 3.00. The molecular weight excluding hydrogens is 192 g/mol. The molecule has 0 amide bonds. The van der Waals surface area contributed by atoms with Gasteiger partial charge in [-0.25, -0.2) is 0 Å². The molecule has 1 rings (SSSR count). The maximum Gasteiger partial charge on any atom is 0.0200 e. The van der Waals surface area contributed by atoms with E-state index in [2.05, 4.69) is 43.2 Å². The predicted octanol–water partition coefficient (Wildman–Crippen LogP) is 4.45. The van der Waals surface area contributed by atoms with Crippen molar-refractivity contribution in [1.29, 1.82) is 0 Å². The molecule has 1 unspecified atom stereocenters. The van der Waals surface area contributed by atoms with E-state index >= 15 is 0 Å². The summed E-state index contributed by atoms with van der Waals surface area (Å²) < 4.78 is 0. The third-order valence-corrected chi connectivity index (χ3v) is 3.00. The Hall–Kier alpha value is -1.22. The molecule has 0 spiro atoms. The van der Waals surface area contributed by atoms with Crippen LogP contribution in [0.5, 0.6) is 0 Å². The van der Waals surface area contributed by atoms with Gasteiger partial charge in [0.1, 0.15) is 0 Å². The zero-order valence-electron chi connectivity index (χ0n) is 10.3. The van der Waals surface area contributed by atoms with Crippen molar-refractivity contribution in [2.75, 3.05) is 0 Å². The van der Waals surface area contributed by atoms with Crippen LogP contribution >= 0.6 is 0 Å². The zero-order valence-corrected chi connectivity index (χ0v) is 10.3. The SMILES string of the molecule is C#CC(CCCC)CCCc1ccccc1. The topological polar surface area (TPSA) is 0 Å².